The van der Waals surface area contributed by atoms with Crippen molar-refractivity contribution in [2.24, 2.45) is 4.99 Å². The number of ether oxygens (including phenoxy) is 4. The Balaban J connectivity index is 1.69. The topological polar surface area (TPSA) is 86.6 Å². The first-order valence-corrected chi connectivity index (χ1v) is 26.4. The number of carbonyl (C=O) groups is 1. The standard InChI is InChI=1S/C53H81NO6Se/c1-4-7-10-13-16-19-22-28-37-57-50-41-46(53(56)60-47-35-34-45(49(55)43-47)44-54-36-31-40-61-48-32-26-25-27-33-48)42-51(58-38-29-23-20-17-14-11-8-5-2)52(50)59-39-30-24-21-18-15-12-9-6-3/h25-27,32-35,41-44,55H,4-24,28-31,36-40H2,1-3H3. The molecule has 8 heteroatoms. The Morgan fingerprint density at radius 1 is 0.574 bits per heavy atom. The molecule has 7 nitrogen and oxygen atoms in total. The van der Waals surface area contributed by atoms with Crippen LogP contribution in [0.4, 0.5) is 0 Å². The van der Waals surface area contributed by atoms with E-state index in [1.807, 2.05) is 6.07 Å². The summed E-state index contributed by atoms with van der Waals surface area (Å²) >= 11 is 0.436. The number of nitrogens with zero attached hydrogens (tertiary/aromatic N) is 1. The molecule has 0 aliphatic rings. The molecule has 0 spiro atoms. The van der Waals surface area contributed by atoms with Crippen LogP contribution < -0.4 is 23.4 Å². The molecule has 0 heterocycles. The Morgan fingerprint density at radius 3 is 1.54 bits per heavy atom. The number of unbranched alkanes of at least 4 members (excludes halogenated alkanes) is 21. The smallest absolute Gasteiger partial charge is 0.203 e. The van der Waals surface area contributed by atoms with E-state index in [0.717, 1.165) is 50.3 Å². The summed E-state index contributed by atoms with van der Waals surface area (Å²) in [5, 5.41) is 11.9. The molecule has 3 aromatic carbocycles. The third kappa shape index (κ3) is 24.1. The van der Waals surface area contributed by atoms with E-state index in [4.69, 9.17) is 18.9 Å². The zero-order chi connectivity index (χ0) is 43.4. The third-order valence-electron chi connectivity index (χ3n) is 10.9. The number of esters is 1. The van der Waals surface area contributed by atoms with Crippen molar-refractivity contribution in [3.05, 3.63) is 71.8 Å². The van der Waals surface area contributed by atoms with Gasteiger partial charge in [-0.05, 0) is 31.4 Å². The van der Waals surface area contributed by atoms with Gasteiger partial charge in [-0.25, -0.2) is 0 Å². The summed E-state index contributed by atoms with van der Waals surface area (Å²) in [6.45, 7) is 9.07. The molecular weight excluding hydrogens is 826 g/mol. The van der Waals surface area contributed by atoms with Gasteiger partial charge in [0.2, 0.25) is 5.75 Å². The summed E-state index contributed by atoms with van der Waals surface area (Å²) in [5.41, 5.74) is 0.901. The fourth-order valence-electron chi connectivity index (χ4n) is 7.19. The van der Waals surface area contributed by atoms with Crippen molar-refractivity contribution in [1.29, 1.82) is 0 Å². The molecule has 3 aromatic rings. The quantitative estimate of drug-likeness (QED) is 0.0203. The maximum Gasteiger partial charge on any atom is 0.203 e. The normalized spacial score (nSPS) is 11.3. The maximum atomic E-state index is 13.8. The summed E-state index contributed by atoms with van der Waals surface area (Å²) in [5.74, 6) is 1.31. The summed E-state index contributed by atoms with van der Waals surface area (Å²) in [7, 11) is 0. The minimum atomic E-state index is -0.551. The largest absolute Gasteiger partial charge is 0.490 e. The number of hydrogen-bond acceptors (Lipinski definition) is 7. The molecule has 0 amide bonds. The molecule has 0 atom stereocenters. The van der Waals surface area contributed by atoms with Crippen LogP contribution in [0.5, 0.6) is 28.7 Å². The van der Waals surface area contributed by atoms with Gasteiger partial charge in [-0.15, -0.1) is 0 Å². The summed E-state index contributed by atoms with van der Waals surface area (Å²) in [6.07, 6.45) is 31.7. The van der Waals surface area contributed by atoms with Gasteiger partial charge in [0.1, 0.15) is 0 Å². The minimum absolute atomic E-state index is 0.0102. The van der Waals surface area contributed by atoms with Crippen molar-refractivity contribution in [1.82, 2.24) is 0 Å². The molecule has 0 radical (unpaired) electrons. The summed E-state index contributed by atoms with van der Waals surface area (Å²) in [6, 6.07) is 18.9. The Bertz CT molecular complexity index is 1540. The van der Waals surface area contributed by atoms with E-state index in [1.54, 1.807) is 30.5 Å². The minimum Gasteiger partial charge on any atom is -0.490 e. The number of aromatic hydroxyl groups is 1. The van der Waals surface area contributed by atoms with E-state index in [-0.39, 0.29) is 11.5 Å². The van der Waals surface area contributed by atoms with Crippen LogP contribution in [0.25, 0.3) is 0 Å². The van der Waals surface area contributed by atoms with Crippen LogP contribution in [-0.4, -0.2) is 58.6 Å². The van der Waals surface area contributed by atoms with Crippen LogP contribution in [0.3, 0.4) is 0 Å². The zero-order valence-corrected chi connectivity index (χ0v) is 40.1. The number of benzene rings is 3. The van der Waals surface area contributed by atoms with Gasteiger partial charge < -0.3 is 14.2 Å². The van der Waals surface area contributed by atoms with Crippen LogP contribution in [0, 0.1) is 0 Å². The average molecular weight is 907 g/mol. The van der Waals surface area contributed by atoms with Crippen LogP contribution >= 0.6 is 0 Å². The first-order chi connectivity index (χ1) is 30.0. The second kappa shape index (κ2) is 35.0. The SMILES string of the molecule is CCCCCCCCCCOc1cc(C(=O)Oc2ccc(C=NCCC[Se]c3ccccc3)c(O)c2)cc(OCCCCCCCCCC)c1OCCCCCCCCCC. The molecule has 0 saturated carbocycles. The second-order valence-corrected chi connectivity index (χ2v) is 18.9. The van der Waals surface area contributed by atoms with Gasteiger partial charge in [0.05, 0.1) is 19.8 Å². The Labute approximate surface area is 377 Å². The van der Waals surface area contributed by atoms with Crippen molar-refractivity contribution < 1.29 is 28.8 Å². The molecule has 0 bridgehead atoms. The van der Waals surface area contributed by atoms with Crippen molar-refractivity contribution in [2.75, 3.05) is 26.4 Å². The zero-order valence-electron chi connectivity index (χ0n) is 38.4. The Kier molecular flexibility index (Phi) is 29.8. The maximum absolute atomic E-state index is 13.8. The summed E-state index contributed by atoms with van der Waals surface area (Å²) < 4.78 is 26.6. The predicted octanol–water partition coefficient (Wildman–Crippen LogP) is 14.4. The molecule has 0 aliphatic carbocycles. The van der Waals surface area contributed by atoms with E-state index < -0.39 is 5.97 Å². The molecule has 3 rings (SSSR count). The molecule has 0 saturated heterocycles. The molecule has 0 aromatic heterocycles. The van der Waals surface area contributed by atoms with E-state index in [0.29, 0.717) is 69.7 Å². The third-order valence-corrected chi connectivity index (χ3v) is 13.2. The van der Waals surface area contributed by atoms with E-state index in [9.17, 15) is 9.90 Å². The van der Waals surface area contributed by atoms with Crippen molar-refractivity contribution >= 4 is 31.6 Å². The fourth-order valence-corrected chi connectivity index (χ4v) is 8.99. The fraction of sp³-hybridized carbons (Fsp3) is 0.623. The summed E-state index contributed by atoms with van der Waals surface area (Å²) in [4.78, 5) is 18.3. The number of hydrogen-bond donors (Lipinski definition) is 1. The number of rotatable bonds is 38. The van der Waals surface area contributed by atoms with Gasteiger partial charge in [0.25, 0.3) is 0 Å². The second-order valence-electron chi connectivity index (χ2n) is 16.4. The number of phenols is 1. The van der Waals surface area contributed by atoms with Gasteiger partial charge >= 0.3 is 141 Å². The van der Waals surface area contributed by atoms with Crippen LogP contribution in [0.1, 0.15) is 197 Å². The van der Waals surface area contributed by atoms with Crippen molar-refractivity contribution in [2.45, 2.75) is 187 Å². The van der Waals surface area contributed by atoms with Crippen LogP contribution in [-0.2, 0) is 0 Å². The molecule has 1 N–H and O–H groups in total. The van der Waals surface area contributed by atoms with Gasteiger partial charge in [0.15, 0.2) is 11.5 Å². The molecule has 0 fully saturated rings. The number of aliphatic imine (C=N–C) groups is 1. The first-order valence-electron chi connectivity index (χ1n) is 24.3. The van der Waals surface area contributed by atoms with E-state index >= 15 is 0 Å². The van der Waals surface area contributed by atoms with Crippen LogP contribution in [0.2, 0.25) is 5.32 Å². The van der Waals surface area contributed by atoms with Crippen LogP contribution in [0.15, 0.2) is 65.7 Å². The molecule has 0 unspecified atom stereocenters. The van der Waals surface area contributed by atoms with Crippen molar-refractivity contribution in [3.63, 3.8) is 0 Å². The van der Waals surface area contributed by atoms with E-state index in [2.05, 4.69) is 50.0 Å². The molecule has 0 aliphatic heterocycles. The number of carbonyl (C=O) groups excluding carboxylic acids is 1. The Hall–Kier alpha value is -3.48. The van der Waals surface area contributed by atoms with E-state index in [1.165, 1.54) is 126 Å². The average Bonchev–Trinajstić information content (AvgIpc) is 3.27. The molecular formula is C53H81NO6Se. The van der Waals surface area contributed by atoms with Gasteiger partial charge in [-0.3, -0.25) is 0 Å². The van der Waals surface area contributed by atoms with Gasteiger partial charge in [0, 0.05) is 0 Å². The van der Waals surface area contributed by atoms with Gasteiger partial charge in [-0.1, -0.05) is 156 Å². The first kappa shape index (κ1) is 51.9. The van der Waals surface area contributed by atoms with Crippen molar-refractivity contribution in [3.8, 4) is 28.7 Å². The monoisotopic (exact) mass is 908 g/mol. The number of phenolic OH excluding ortho intramolecular Hbond substituents is 1. The molecule has 340 valence electrons. The predicted molar refractivity (Wildman–Crippen MR) is 258 cm³/mol. The molecule has 61 heavy (non-hydrogen) atoms. The van der Waals surface area contributed by atoms with Gasteiger partial charge in [-0.2, -0.15) is 0 Å². The Morgan fingerprint density at radius 2 is 1.05 bits per heavy atom.